The summed E-state index contributed by atoms with van der Waals surface area (Å²) in [7, 11) is 0. The summed E-state index contributed by atoms with van der Waals surface area (Å²) in [6.45, 7) is 14.8. The standard InChI is InChI=1S/C37H47N3O5/c1-6-21-38(28-15-11-10-12-16-28)33(42)30-31-34(43)40(23-13-8-9-14-24-41)32(37(31)20-19-36(30,5)45-37)35(44)39(22-7-2)29-25-26(3)17-18-27(29)4/h6-7,10-12,15-18,25,30-32,41H,1-2,8-9,13-14,19-24H2,3-5H3/t30-,31-,32?,36+,37?/m0/s1. The van der Waals surface area contributed by atoms with E-state index in [4.69, 9.17) is 4.74 Å². The molecule has 3 amide bonds. The van der Waals surface area contributed by atoms with E-state index >= 15 is 0 Å². The molecule has 2 unspecified atom stereocenters. The summed E-state index contributed by atoms with van der Waals surface area (Å²) in [6.07, 6.45) is 7.52. The normalized spacial score (nSPS) is 26.5. The summed E-state index contributed by atoms with van der Waals surface area (Å²) < 4.78 is 6.92. The van der Waals surface area contributed by atoms with Crippen LogP contribution in [0.1, 0.15) is 56.6 Å². The number of aliphatic hydroxyl groups is 1. The van der Waals surface area contributed by atoms with Crippen LogP contribution in [0.25, 0.3) is 0 Å². The van der Waals surface area contributed by atoms with Gasteiger partial charge in [0, 0.05) is 37.6 Å². The van der Waals surface area contributed by atoms with E-state index in [1.54, 1.807) is 26.9 Å². The molecule has 2 aromatic rings. The number of unbranched alkanes of at least 4 members (excludes halogenated alkanes) is 3. The number of para-hydroxylation sites is 1. The SMILES string of the molecule is C=CCN(C(=O)[C@@H]1[C@H]2C(=O)N(CCCCCCO)C(C(=O)N(CC=C)c3cc(C)ccc3C)C23CC[C@@]1(C)O3)c1ccccc1. The molecule has 2 bridgehead atoms. The lowest BCUT2D eigenvalue weighted by Crippen LogP contribution is -2.56. The Labute approximate surface area is 267 Å². The Hall–Kier alpha value is -3.75. The van der Waals surface area contributed by atoms with E-state index in [-0.39, 0.29) is 30.9 Å². The Kier molecular flexibility index (Phi) is 9.65. The molecule has 3 heterocycles. The van der Waals surface area contributed by atoms with Gasteiger partial charge >= 0.3 is 0 Å². The lowest BCUT2D eigenvalue weighted by molar-refractivity contribution is -0.144. The van der Waals surface area contributed by atoms with E-state index in [1.807, 2.05) is 69.3 Å². The summed E-state index contributed by atoms with van der Waals surface area (Å²) in [6, 6.07) is 14.6. The number of aliphatic hydroxyl groups excluding tert-OH is 1. The lowest BCUT2D eigenvalue weighted by Gasteiger charge is -2.37. The monoisotopic (exact) mass is 613 g/mol. The van der Waals surface area contributed by atoms with Gasteiger partial charge in [0.1, 0.15) is 11.6 Å². The average molecular weight is 614 g/mol. The van der Waals surface area contributed by atoms with Crippen LogP contribution in [0.4, 0.5) is 11.4 Å². The van der Waals surface area contributed by atoms with Crippen molar-refractivity contribution in [2.45, 2.75) is 76.5 Å². The second-order valence-electron chi connectivity index (χ2n) is 13.0. The number of benzene rings is 2. The topological polar surface area (TPSA) is 90.4 Å². The van der Waals surface area contributed by atoms with Gasteiger partial charge in [-0.25, -0.2) is 0 Å². The van der Waals surface area contributed by atoms with Crippen LogP contribution in [-0.4, -0.2) is 71.2 Å². The molecule has 1 spiro atoms. The number of nitrogens with zero attached hydrogens (tertiary/aromatic N) is 3. The Bertz CT molecular complexity index is 1440. The van der Waals surface area contributed by atoms with Crippen LogP contribution in [0.3, 0.4) is 0 Å². The van der Waals surface area contributed by atoms with Crippen LogP contribution in [0.2, 0.25) is 0 Å². The van der Waals surface area contributed by atoms with Gasteiger partial charge in [-0.2, -0.15) is 0 Å². The number of rotatable bonds is 14. The van der Waals surface area contributed by atoms with Crippen LogP contribution in [0.5, 0.6) is 0 Å². The van der Waals surface area contributed by atoms with E-state index in [0.29, 0.717) is 38.8 Å². The second-order valence-corrected chi connectivity index (χ2v) is 13.0. The van der Waals surface area contributed by atoms with Crippen molar-refractivity contribution in [3.8, 4) is 0 Å². The van der Waals surface area contributed by atoms with Gasteiger partial charge in [0.15, 0.2) is 0 Å². The zero-order valence-electron chi connectivity index (χ0n) is 26.9. The number of amides is 3. The molecule has 2 aromatic carbocycles. The van der Waals surface area contributed by atoms with E-state index < -0.39 is 29.1 Å². The Balaban J connectivity index is 1.57. The minimum atomic E-state index is -1.12. The molecular formula is C37H47N3O5. The quantitative estimate of drug-likeness (QED) is 0.229. The molecule has 0 aromatic heterocycles. The maximum atomic E-state index is 14.9. The van der Waals surface area contributed by atoms with Crippen LogP contribution in [0, 0.1) is 25.7 Å². The molecule has 3 fully saturated rings. The van der Waals surface area contributed by atoms with Crippen LogP contribution in [0.15, 0.2) is 73.8 Å². The molecule has 0 aliphatic carbocycles. The van der Waals surface area contributed by atoms with Crippen molar-refractivity contribution >= 4 is 29.1 Å². The number of anilines is 2. The number of likely N-dealkylation sites (tertiary alicyclic amines) is 1. The van der Waals surface area contributed by atoms with Crippen LogP contribution >= 0.6 is 0 Å². The molecule has 5 atom stereocenters. The van der Waals surface area contributed by atoms with E-state index in [9.17, 15) is 19.5 Å². The maximum Gasteiger partial charge on any atom is 0.253 e. The predicted molar refractivity (Wildman–Crippen MR) is 177 cm³/mol. The molecule has 8 nitrogen and oxygen atoms in total. The molecule has 1 N–H and O–H groups in total. The second kappa shape index (κ2) is 13.3. The molecule has 45 heavy (non-hydrogen) atoms. The van der Waals surface area contributed by atoms with E-state index in [1.165, 1.54) is 0 Å². The zero-order valence-corrected chi connectivity index (χ0v) is 26.9. The third kappa shape index (κ3) is 5.74. The summed E-state index contributed by atoms with van der Waals surface area (Å²) >= 11 is 0. The van der Waals surface area contributed by atoms with Crippen molar-refractivity contribution in [3.05, 3.63) is 85.0 Å². The summed E-state index contributed by atoms with van der Waals surface area (Å²) in [5.74, 6) is -2.11. The molecular weight excluding hydrogens is 566 g/mol. The first-order valence-corrected chi connectivity index (χ1v) is 16.2. The summed E-state index contributed by atoms with van der Waals surface area (Å²) in [5.41, 5.74) is 1.47. The molecule has 0 saturated carbocycles. The van der Waals surface area contributed by atoms with Gasteiger partial charge in [-0.05, 0) is 75.8 Å². The number of carbonyl (C=O) groups is 3. The fourth-order valence-electron chi connectivity index (χ4n) is 7.89. The van der Waals surface area contributed by atoms with Gasteiger partial charge in [-0.1, -0.05) is 55.3 Å². The largest absolute Gasteiger partial charge is 0.396 e. The average Bonchev–Trinajstić information content (AvgIpc) is 3.60. The highest BCUT2D eigenvalue weighted by Crippen LogP contribution is 2.63. The molecule has 240 valence electrons. The number of hydrogen-bond acceptors (Lipinski definition) is 5. The van der Waals surface area contributed by atoms with Crippen LogP contribution in [-0.2, 0) is 19.1 Å². The number of ether oxygens (including phenoxy) is 1. The fourth-order valence-corrected chi connectivity index (χ4v) is 7.89. The first-order valence-electron chi connectivity index (χ1n) is 16.2. The molecule has 0 radical (unpaired) electrons. The fraction of sp³-hybridized carbons (Fsp3) is 0.486. The van der Waals surface area contributed by atoms with Crippen molar-refractivity contribution < 1.29 is 24.2 Å². The highest BCUT2D eigenvalue weighted by molar-refractivity contribution is 6.07. The summed E-state index contributed by atoms with van der Waals surface area (Å²) in [4.78, 5) is 49.2. The van der Waals surface area contributed by atoms with Crippen molar-refractivity contribution in [3.63, 3.8) is 0 Å². The smallest absolute Gasteiger partial charge is 0.253 e. The van der Waals surface area contributed by atoms with Gasteiger partial charge in [0.2, 0.25) is 11.8 Å². The minimum absolute atomic E-state index is 0.125. The number of aryl methyl sites for hydroxylation is 2. The zero-order chi connectivity index (χ0) is 32.4. The molecule has 3 saturated heterocycles. The van der Waals surface area contributed by atoms with E-state index in [2.05, 4.69) is 13.2 Å². The first kappa shape index (κ1) is 32.6. The van der Waals surface area contributed by atoms with Crippen LogP contribution < -0.4 is 9.80 Å². The molecule has 5 rings (SSSR count). The Morgan fingerprint density at radius 3 is 2.36 bits per heavy atom. The van der Waals surface area contributed by atoms with Gasteiger partial charge in [-0.3, -0.25) is 14.4 Å². The molecule has 3 aliphatic rings. The lowest BCUT2D eigenvalue weighted by atomic mass is 9.66. The van der Waals surface area contributed by atoms with Crippen molar-refractivity contribution in [2.24, 2.45) is 11.8 Å². The predicted octanol–water partition coefficient (Wildman–Crippen LogP) is 5.36. The highest BCUT2D eigenvalue weighted by atomic mass is 16.5. The molecule has 3 aliphatic heterocycles. The first-order chi connectivity index (χ1) is 21.6. The summed E-state index contributed by atoms with van der Waals surface area (Å²) in [5, 5.41) is 9.26. The Morgan fingerprint density at radius 2 is 1.67 bits per heavy atom. The number of fused-ring (bicyclic) bond motifs is 1. The third-order valence-electron chi connectivity index (χ3n) is 9.96. The maximum absolute atomic E-state index is 14.9. The van der Waals surface area contributed by atoms with Crippen molar-refractivity contribution in [1.82, 2.24) is 4.90 Å². The van der Waals surface area contributed by atoms with Crippen molar-refractivity contribution in [2.75, 3.05) is 36.0 Å². The van der Waals surface area contributed by atoms with Gasteiger partial charge in [0.25, 0.3) is 5.91 Å². The third-order valence-corrected chi connectivity index (χ3v) is 9.96. The number of carbonyl (C=O) groups excluding carboxylic acids is 3. The van der Waals surface area contributed by atoms with Gasteiger partial charge in [0.05, 0.1) is 17.4 Å². The Morgan fingerprint density at radius 1 is 0.978 bits per heavy atom. The molecule has 8 heteroatoms. The van der Waals surface area contributed by atoms with Gasteiger partial charge in [-0.15, -0.1) is 13.2 Å². The van der Waals surface area contributed by atoms with E-state index in [0.717, 1.165) is 35.3 Å². The highest BCUT2D eigenvalue weighted by Gasteiger charge is 2.78. The number of hydrogen-bond donors (Lipinski definition) is 1. The van der Waals surface area contributed by atoms with Crippen molar-refractivity contribution in [1.29, 1.82) is 0 Å². The minimum Gasteiger partial charge on any atom is -0.396 e. The van der Waals surface area contributed by atoms with Gasteiger partial charge < -0.3 is 24.5 Å².